The predicted octanol–water partition coefficient (Wildman–Crippen LogP) is 11.6. The SMILES string of the molecule is c1ccc(-c2nc3ccccc3c3c2ccc2c4ccccc4n(-c4cccc(-c5ccc(-c6nc7ccccc7o6)cc5)c4)c23)cc1. The zero-order chi connectivity index (χ0) is 31.6. The van der Waals surface area contributed by atoms with Crippen LogP contribution in [0.1, 0.15) is 0 Å². The van der Waals surface area contributed by atoms with Crippen LogP contribution in [0.4, 0.5) is 0 Å². The second-order valence-electron chi connectivity index (χ2n) is 12.2. The van der Waals surface area contributed by atoms with Crippen molar-refractivity contribution in [2.45, 2.75) is 0 Å². The van der Waals surface area contributed by atoms with Gasteiger partial charge in [-0.05, 0) is 59.7 Å². The van der Waals surface area contributed by atoms with Crippen LogP contribution in [-0.4, -0.2) is 14.5 Å². The van der Waals surface area contributed by atoms with Crippen LogP contribution < -0.4 is 0 Å². The Morgan fingerprint density at radius 2 is 1.12 bits per heavy atom. The molecule has 0 saturated heterocycles. The van der Waals surface area contributed by atoms with Gasteiger partial charge in [0, 0.05) is 43.7 Å². The zero-order valence-electron chi connectivity index (χ0n) is 25.8. The Kier molecular flexibility index (Phi) is 5.84. The van der Waals surface area contributed by atoms with Crippen molar-refractivity contribution in [3.63, 3.8) is 0 Å². The van der Waals surface area contributed by atoms with Crippen molar-refractivity contribution in [2.24, 2.45) is 0 Å². The van der Waals surface area contributed by atoms with Gasteiger partial charge in [0.2, 0.25) is 5.89 Å². The number of fused-ring (bicyclic) bond motifs is 8. The van der Waals surface area contributed by atoms with Crippen molar-refractivity contribution in [1.29, 1.82) is 0 Å². The monoisotopic (exact) mass is 613 g/mol. The Labute approximate surface area is 276 Å². The number of nitrogens with zero attached hydrogens (tertiary/aromatic N) is 3. The van der Waals surface area contributed by atoms with Crippen molar-refractivity contribution in [2.75, 3.05) is 0 Å². The molecule has 0 aliphatic heterocycles. The maximum Gasteiger partial charge on any atom is 0.227 e. The molecule has 4 nitrogen and oxygen atoms in total. The van der Waals surface area contributed by atoms with Crippen LogP contribution in [0.3, 0.4) is 0 Å². The molecule has 4 heteroatoms. The van der Waals surface area contributed by atoms with E-state index in [2.05, 4.69) is 149 Å². The lowest BCUT2D eigenvalue weighted by Gasteiger charge is -2.15. The second-order valence-corrected chi connectivity index (χ2v) is 12.2. The van der Waals surface area contributed by atoms with E-state index in [0.717, 1.165) is 61.0 Å². The summed E-state index contributed by atoms with van der Waals surface area (Å²) in [5.74, 6) is 0.630. The van der Waals surface area contributed by atoms with E-state index >= 15 is 0 Å². The fourth-order valence-electron chi connectivity index (χ4n) is 7.20. The van der Waals surface area contributed by atoms with Gasteiger partial charge in [-0.25, -0.2) is 9.97 Å². The van der Waals surface area contributed by atoms with Crippen LogP contribution in [-0.2, 0) is 0 Å². The third kappa shape index (κ3) is 4.10. The molecule has 3 heterocycles. The molecule has 0 aliphatic carbocycles. The first-order valence-electron chi connectivity index (χ1n) is 16.2. The molecule has 0 aliphatic rings. The number of hydrogen-bond donors (Lipinski definition) is 0. The van der Waals surface area contributed by atoms with Gasteiger partial charge in [-0.2, -0.15) is 0 Å². The smallest absolute Gasteiger partial charge is 0.227 e. The van der Waals surface area contributed by atoms with Crippen LogP contribution in [0.2, 0.25) is 0 Å². The van der Waals surface area contributed by atoms with Gasteiger partial charge in [0.1, 0.15) is 5.52 Å². The van der Waals surface area contributed by atoms with Gasteiger partial charge >= 0.3 is 0 Å². The Morgan fingerprint density at radius 3 is 1.98 bits per heavy atom. The molecule has 0 saturated carbocycles. The number of oxazole rings is 1. The predicted molar refractivity (Wildman–Crippen MR) is 197 cm³/mol. The van der Waals surface area contributed by atoms with Crippen molar-refractivity contribution in [3.05, 3.63) is 164 Å². The Bertz CT molecular complexity index is 2790. The lowest BCUT2D eigenvalue weighted by atomic mass is 9.97. The summed E-state index contributed by atoms with van der Waals surface area (Å²) in [4.78, 5) is 9.90. The van der Waals surface area contributed by atoms with E-state index in [-0.39, 0.29) is 0 Å². The molecule has 0 bridgehead atoms. The molecule has 7 aromatic carbocycles. The molecule has 0 atom stereocenters. The summed E-state index contributed by atoms with van der Waals surface area (Å²) in [6.45, 7) is 0. The molecule has 10 rings (SSSR count). The lowest BCUT2D eigenvalue weighted by Crippen LogP contribution is -1.97. The second kappa shape index (κ2) is 10.5. The van der Waals surface area contributed by atoms with Crippen LogP contribution in [0, 0.1) is 0 Å². The van der Waals surface area contributed by atoms with Crippen molar-refractivity contribution in [3.8, 4) is 39.5 Å². The number of hydrogen-bond acceptors (Lipinski definition) is 3. The van der Waals surface area contributed by atoms with Crippen LogP contribution in [0.25, 0.3) is 94.1 Å². The molecule has 0 radical (unpaired) electrons. The van der Waals surface area contributed by atoms with Gasteiger partial charge in [-0.1, -0.05) is 115 Å². The van der Waals surface area contributed by atoms with Gasteiger partial charge in [0.05, 0.1) is 22.2 Å². The summed E-state index contributed by atoms with van der Waals surface area (Å²) in [5.41, 5.74) is 11.4. The third-order valence-electron chi connectivity index (χ3n) is 9.41. The molecule has 3 aromatic heterocycles. The number of aromatic nitrogens is 3. The van der Waals surface area contributed by atoms with E-state index in [1.165, 1.54) is 27.2 Å². The molecule has 0 fully saturated rings. The standard InChI is InChI=1S/C44H27N3O/c1-2-11-29(12-3-1)42-36-26-25-34-33-15-5-8-19-39(33)47(43(34)41(36)35-16-4-6-17-37(35)45-42)32-14-10-13-31(27-32)28-21-23-30(24-22-28)44-46-38-18-7-9-20-40(38)48-44/h1-27H. The Morgan fingerprint density at radius 1 is 0.438 bits per heavy atom. The highest BCUT2D eigenvalue weighted by atomic mass is 16.3. The van der Waals surface area contributed by atoms with Gasteiger partial charge < -0.3 is 8.98 Å². The quantitative estimate of drug-likeness (QED) is 0.186. The Balaban J connectivity index is 1.20. The largest absolute Gasteiger partial charge is 0.436 e. The van der Waals surface area contributed by atoms with Gasteiger partial charge in [0.15, 0.2) is 5.58 Å². The first-order valence-corrected chi connectivity index (χ1v) is 16.2. The molecular formula is C44H27N3O. The minimum Gasteiger partial charge on any atom is -0.436 e. The fraction of sp³-hybridized carbons (Fsp3) is 0. The van der Waals surface area contributed by atoms with Crippen molar-refractivity contribution in [1.82, 2.24) is 14.5 Å². The van der Waals surface area contributed by atoms with Crippen molar-refractivity contribution < 1.29 is 4.42 Å². The number of para-hydroxylation sites is 4. The molecular weight excluding hydrogens is 587 g/mol. The summed E-state index contributed by atoms with van der Waals surface area (Å²) >= 11 is 0. The Hall–Kier alpha value is -6.52. The maximum atomic E-state index is 6.03. The minimum atomic E-state index is 0.630. The minimum absolute atomic E-state index is 0.630. The van der Waals surface area contributed by atoms with Gasteiger partial charge in [0.25, 0.3) is 0 Å². The number of pyridine rings is 1. The molecule has 10 aromatic rings. The third-order valence-corrected chi connectivity index (χ3v) is 9.41. The topological polar surface area (TPSA) is 43.9 Å². The van der Waals surface area contributed by atoms with Crippen LogP contribution in [0.15, 0.2) is 168 Å². The molecule has 224 valence electrons. The van der Waals surface area contributed by atoms with Crippen LogP contribution >= 0.6 is 0 Å². The first-order chi connectivity index (χ1) is 23.8. The van der Waals surface area contributed by atoms with E-state index in [1.54, 1.807) is 0 Å². The average molecular weight is 614 g/mol. The molecule has 0 spiro atoms. The summed E-state index contributed by atoms with van der Waals surface area (Å²) < 4.78 is 8.47. The molecule has 48 heavy (non-hydrogen) atoms. The maximum absolute atomic E-state index is 6.03. The molecule has 0 unspecified atom stereocenters. The molecule has 0 amide bonds. The average Bonchev–Trinajstić information content (AvgIpc) is 3.75. The van der Waals surface area contributed by atoms with E-state index in [0.29, 0.717) is 5.89 Å². The molecule has 0 N–H and O–H groups in total. The summed E-state index contributed by atoms with van der Waals surface area (Å²) in [5, 5.41) is 5.95. The van der Waals surface area contributed by atoms with Crippen molar-refractivity contribution >= 4 is 54.6 Å². The van der Waals surface area contributed by atoms with Gasteiger partial charge in [-0.3, -0.25) is 0 Å². The number of rotatable bonds is 4. The van der Waals surface area contributed by atoms with Gasteiger partial charge in [-0.15, -0.1) is 0 Å². The first kappa shape index (κ1) is 26.7. The summed E-state index contributed by atoms with van der Waals surface area (Å²) in [6, 6.07) is 57.5. The highest BCUT2D eigenvalue weighted by Crippen LogP contribution is 2.42. The van der Waals surface area contributed by atoms with E-state index in [9.17, 15) is 0 Å². The summed E-state index contributed by atoms with van der Waals surface area (Å²) in [6.07, 6.45) is 0. The normalized spacial score (nSPS) is 11.8. The highest BCUT2D eigenvalue weighted by molar-refractivity contribution is 6.26. The van der Waals surface area contributed by atoms with Crippen LogP contribution in [0.5, 0.6) is 0 Å². The fourth-order valence-corrected chi connectivity index (χ4v) is 7.20. The van der Waals surface area contributed by atoms with E-state index in [4.69, 9.17) is 9.40 Å². The number of benzene rings is 7. The lowest BCUT2D eigenvalue weighted by molar-refractivity contribution is 0.620. The van der Waals surface area contributed by atoms with E-state index in [1.807, 2.05) is 24.3 Å². The highest BCUT2D eigenvalue weighted by Gasteiger charge is 2.20. The zero-order valence-corrected chi connectivity index (χ0v) is 25.8. The summed E-state index contributed by atoms with van der Waals surface area (Å²) in [7, 11) is 0. The van der Waals surface area contributed by atoms with E-state index < -0.39 is 0 Å².